The fourth-order valence-corrected chi connectivity index (χ4v) is 1.77. The van der Waals surface area contributed by atoms with E-state index in [-0.39, 0.29) is 0 Å². The first-order valence-electron chi connectivity index (χ1n) is 4.91. The van der Waals surface area contributed by atoms with Gasteiger partial charge in [0.15, 0.2) is 0 Å². The van der Waals surface area contributed by atoms with Gasteiger partial charge in [0.25, 0.3) is 0 Å². The van der Waals surface area contributed by atoms with Crippen LogP contribution in [0, 0.1) is 19.8 Å². The largest absolute Gasteiger partial charge is 0.481 e. The Morgan fingerprint density at radius 1 is 1.40 bits per heavy atom. The summed E-state index contributed by atoms with van der Waals surface area (Å²) in [5, 5.41) is 9.55. The lowest BCUT2D eigenvalue weighted by atomic mass is 9.96. The van der Waals surface area contributed by atoms with Crippen molar-refractivity contribution in [2.45, 2.75) is 27.2 Å². The second-order valence-corrected chi connectivity index (χ2v) is 4.31. The van der Waals surface area contributed by atoms with Gasteiger partial charge in [0, 0.05) is 5.02 Å². The van der Waals surface area contributed by atoms with Crippen molar-refractivity contribution in [2.75, 3.05) is 0 Å². The summed E-state index contributed by atoms with van der Waals surface area (Å²) in [5.74, 6) is -1.19. The minimum atomic E-state index is -0.785. The molecule has 0 spiro atoms. The summed E-state index contributed by atoms with van der Waals surface area (Å²) in [5.41, 5.74) is 3.00. The van der Waals surface area contributed by atoms with Crippen LogP contribution < -0.4 is 0 Å². The first kappa shape index (κ1) is 12.1. The molecule has 1 aromatic carbocycles. The van der Waals surface area contributed by atoms with Crippen LogP contribution in [0.15, 0.2) is 12.1 Å². The molecular formula is C12H15ClO2. The highest BCUT2D eigenvalue weighted by Crippen LogP contribution is 2.26. The number of rotatable bonds is 3. The summed E-state index contributed by atoms with van der Waals surface area (Å²) >= 11 is 6.15. The van der Waals surface area contributed by atoms with Crippen LogP contribution in [0.2, 0.25) is 5.02 Å². The van der Waals surface area contributed by atoms with Gasteiger partial charge in [-0.15, -0.1) is 0 Å². The Kier molecular flexibility index (Phi) is 3.75. The van der Waals surface area contributed by atoms with E-state index in [9.17, 15) is 4.79 Å². The molecule has 2 nitrogen and oxygen atoms in total. The fraction of sp³-hybridized carbons (Fsp3) is 0.417. The summed E-state index contributed by atoms with van der Waals surface area (Å²) in [6, 6.07) is 3.93. The first-order valence-corrected chi connectivity index (χ1v) is 5.28. The molecule has 3 heteroatoms. The maximum atomic E-state index is 10.8. The van der Waals surface area contributed by atoms with Gasteiger partial charge in [-0.05, 0) is 37.0 Å². The minimum Gasteiger partial charge on any atom is -0.481 e. The second-order valence-electron chi connectivity index (χ2n) is 3.94. The topological polar surface area (TPSA) is 37.3 Å². The Hall–Kier alpha value is -1.02. The molecule has 0 aliphatic carbocycles. The Morgan fingerprint density at radius 3 is 2.47 bits per heavy atom. The quantitative estimate of drug-likeness (QED) is 0.859. The highest BCUT2D eigenvalue weighted by molar-refractivity contribution is 6.32. The highest BCUT2D eigenvalue weighted by atomic mass is 35.5. The number of benzene rings is 1. The van der Waals surface area contributed by atoms with Gasteiger partial charge in [0.1, 0.15) is 0 Å². The van der Waals surface area contributed by atoms with Gasteiger partial charge < -0.3 is 5.11 Å². The van der Waals surface area contributed by atoms with Gasteiger partial charge in [-0.2, -0.15) is 0 Å². The summed E-state index contributed by atoms with van der Waals surface area (Å²) in [6.07, 6.45) is 0.488. The maximum absolute atomic E-state index is 10.8. The number of halogens is 1. The molecule has 1 aromatic rings. The lowest BCUT2D eigenvalue weighted by Gasteiger charge is -2.12. The molecule has 1 atom stereocenters. The van der Waals surface area contributed by atoms with Crippen LogP contribution in [0.5, 0.6) is 0 Å². The van der Waals surface area contributed by atoms with Crippen LogP contribution >= 0.6 is 11.6 Å². The SMILES string of the molecule is Cc1ccc(C)c(CC(C)C(=O)O)c1Cl. The van der Waals surface area contributed by atoms with Gasteiger partial charge in [-0.3, -0.25) is 4.79 Å². The molecule has 0 saturated carbocycles. The average Bonchev–Trinajstić information content (AvgIpc) is 2.18. The summed E-state index contributed by atoms with van der Waals surface area (Å²) in [7, 11) is 0. The van der Waals surface area contributed by atoms with Gasteiger partial charge in [0.2, 0.25) is 0 Å². The predicted molar refractivity (Wildman–Crippen MR) is 61.4 cm³/mol. The van der Waals surface area contributed by atoms with Crippen molar-refractivity contribution in [3.05, 3.63) is 33.8 Å². The van der Waals surface area contributed by atoms with Crippen LogP contribution in [0.3, 0.4) is 0 Å². The zero-order chi connectivity index (χ0) is 11.6. The molecule has 0 aromatic heterocycles. The zero-order valence-electron chi connectivity index (χ0n) is 9.17. The van der Waals surface area contributed by atoms with Crippen molar-refractivity contribution in [1.82, 2.24) is 0 Å². The number of aryl methyl sites for hydroxylation is 2. The third kappa shape index (κ3) is 2.72. The van der Waals surface area contributed by atoms with E-state index in [0.717, 1.165) is 16.7 Å². The van der Waals surface area contributed by atoms with E-state index >= 15 is 0 Å². The molecule has 1 N–H and O–H groups in total. The maximum Gasteiger partial charge on any atom is 0.306 e. The summed E-state index contributed by atoms with van der Waals surface area (Å²) in [6.45, 7) is 5.58. The zero-order valence-corrected chi connectivity index (χ0v) is 9.93. The third-order valence-corrected chi connectivity index (χ3v) is 3.13. The highest BCUT2D eigenvalue weighted by Gasteiger charge is 2.15. The summed E-state index contributed by atoms with van der Waals surface area (Å²) in [4.78, 5) is 10.8. The third-order valence-electron chi connectivity index (χ3n) is 2.60. The Balaban J connectivity index is 3.03. The minimum absolute atomic E-state index is 0.400. The Bertz CT molecular complexity index is 385. The Morgan fingerprint density at radius 2 is 1.93 bits per heavy atom. The molecule has 1 rings (SSSR count). The van der Waals surface area contributed by atoms with Crippen molar-refractivity contribution in [2.24, 2.45) is 5.92 Å². The number of carboxylic acids is 1. The van der Waals surface area contributed by atoms with Crippen molar-refractivity contribution in [3.63, 3.8) is 0 Å². The van der Waals surface area contributed by atoms with E-state index in [1.165, 1.54) is 0 Å². The van der Waals surface area contributed by atoms with E-state index in [1.807, 2.05) is 26.0 Å². The summed E-state index contributed by atoms with van der Waals surface area (Å²) < 4.78 is 0. The lowest BCUT2D eigenvalue weighted by molar-refractivity contribution is -0.141. The van der Waals surface area contributed by atoms with Crippen LogP contribution in [-0.4, -0.2) is 11.1 Å². The Labute approximate surface area is 94.9 Å². The molecule has 0 bridgehead atoms. The molecular weight excluding hydrogens is 212 g/mol. The number of carbonyl (C=O) groups is 1. The number of hydrogen-bond donors (Lipinski definition) is 1. The van der Waals surface area contributed by atoms with Crippen molar-refractivity contribution < 1.29 is 9.90 Å². The van der Waals surface area contributed by atoms with E-state index in [1.54, 1.807) is 6.92 Å². The monoisotopic (exact) mass is 226 g/mol. The van der Waals surface area contributed by atoms with Crippen LogP contribution in [0.25, 0.3) is 0 Å². The van der Waals surface area contributed by atoms with Crippen molar-refractivity contribution in [3.8, 4) is 0 Å². The van der Waals surface area contributed by atoms with Crippen molar-refractivity contribution >= 4 is 17.6 Å². The molecule has 1 unspecified atom stereocenters. The number of hydrogen-bond acceptors (Lipinski definition) is 1. The van der Waals surface area contributed by atoms with Crippen LogP contribution in [0.4, 0.5) is 0 Å². The fourth-order valence-electron chi connectivity index (χ4n) is 1.48. The number of aliphatic carboxylic acids is 1. The van der Waals surface area contributed by atoms with Crippen molar-refractivity contribution in [1.29, 1.82) is 0 Å². The standard InChI is InChI=1S/C12H15ClO2/c1-7-4-5-8(2)11(13)10(7)6-9(3)12(14)15/h4-5,9H,6H2,1-3H3,(H,14,15). The normalized spacial score (nSPS) is 12.5. The molecule has 15 heavy (non-hydrogen) atoms. The van der Waals surface area contributed by atoms with E-state index in [0.29, 0.717) is 11.4 Å². The van der Waals surface area contributed by atoms with Gasteiger partial charge in [-0.1, -0.05) is 30.7 Å². The van der Waals surface area contributed by atoms with Gasteiger partial charge >= 0.3 is 5.97 Å². The van der Waals surface area contributed by atoms with Gasteiger partial charge in [0.05, 0.1) is 5.92 Å². The smallest absolute Gasteiger partial charge is 0.306 e. The first-order chi connectivity index (χ1) is 6.93. The molecule has 82 valence electrons. The molecule has 0 fully saturated rings. The van der Waals surface area contributed by atoms with Gasteiger partial charge in [-0.25, -0.2) is 0 Å². The number of carboxylic acid groups (broad SMARTS) is 1. The molecule has 0 amide bonds. The molecule has 0 heterocycles. The van der Waals surface area contributed by atoms with E-state index < -0.39 is 11.9 Å². The molecule has 0 saturated heterocycles. The van der Waals surface area contributed by atoms with Crippen LogP contribution in [0.1, 0.15) is 23.6 Å². The second kappa shape index (κ2) is 4.67. The molecule has 0 aliphatic heterocycles. The average molecular weight is 227 g/mol. The predicted octanol–water partition coefficient (Wildman–Crippen LogP) is 3.22. The van der Waals surface area contributed by atoms with E-state index in [4.69, 9.17) is 16.7 Å². The molecule has 0 aliphatic rings. The van der Waals surface area contributed by atoms with E-state index in [2.05, 4.69) is 0 Å². The lowest BCUT2D eigenvalue weighted by Crippen LogP contribution is -2.13. The molecule has 0 radical (unpaired) electrons. The van der Waals surface area contributed by atoms with Crippen LogP contribution in [-0.2, 0) is 11.2 Å².